The van der Waals surface area contributed by atoms with E-state index in [-0.39, 0.29) is 12.1 Å². The van der Waals surface area contributed by atoms with Gasteiger partial charge in [-0.2, -0.15) is 0 Å². The predicted octanol–water partition coefficient (Wildman–Crippen LogP) is 3.32. The number of furan rings is 1. The zero-order valence-electron chi connectivity index (χ0n) is 11.2. The average Bonchev–Trinajstić information content (AvgIpc) is 3.04. The second kappa shape index (κ2) is 4.38. The molecule has 1 aliphatic carbocycles. The molecule has 0 fully saturated rings. The number of carbonyl (C=O) groups is 1. The minimum absolute atomic E-state index is 0.0206. The van der Waals surface area contributed by atoms with Crippen molar-refractivity contribution in [3.05, 3.63) is 40.2 Å². The summed E-state index contributed by atoms with van der Waals surface area (Å²) in [5, 5.41) is 7.37. The van der Waals surface area contributed by atoms with Gasteiger partial charge in [0.05, 0.1) is 11.8 Å². The highest BCUT2D eigenvalue weighted by atomic mass is 32.1. The van der Waals surface area contributed by atoms with E-state index in [4.69, 9.17) is 4.42 Å². The molecule has 3 heterocycles. The molecule has 4 nitrogen and oxygen atoms in total. The van der Waals surface area contributed by atoms with Gasteiger partial charge >= 0.3 is 0 Å². The summed E-state index contributed by atoms with van der Waals surface area (Å²) < 4.78 is 5.38. The molecule has 20 heavy (non-hydrogen) atoms. The molecule has 2 atom stereocenters. The van der Waals surface area contributed by atoms with E-state index in [2.05, 4.69) is 17.6 Å². The number of carbonyl (C=O) groups excluding carboxylic acids is 1. The van der Waals surface area contributed by atoms with Crippen LogP contribution in [0, 0.1) is 5.92 Å². The van der Waals surface area contributed by atoms with Crippen LogP contribution >= 0.6 is 11.3 Å². The first-order valence-electron chi connectivity index (χ1n) is 6.97. The van der Waals surface area contributed by atoms with E-state index >= 15 is 0 Å². The summed E-state index contributed by atoms with van der Waals surface area (Å²) in [6.45, 7) is 2.28. The van der Waals surface area contributed by atoms with Gasteiger partial charge in [-0.15, -0.1) is 11.3 Å². The van der Waals surface area contributed by atoms with Crippen LogP contribution in [-0.4, -0.2) is 5.91 Å². The lowest BCUT2D eigenvalue weighted by molar-refractivity contribution is 0.0930. The first-order valence-corrected chi connectivity index (χ1v) is 7.79. The lowest BCUT2D eigenvalue weighted by atomic mass is 9.88. The summed E-state index contributed by atoms with van der Waals surface area (Å²) in [6, 6.07) is 3.71. The molecular formula is C15H16N2O2S. The largest absolute Gasteiger partial charge is 0.465 e. The summed E-state index contributed by atoms with van der Waals surface area (Å²) in [6.07, 6.45) is 4.64. The Morgan fingerprint density at radius 3 is 3.10 bits per heavy atom. The van der Waals surface area contributed by atoms with Gasteiger partial charge in [-0.05, 0) is 42.9 Å². The monoisotopic (exact) mass is 288 g/mol. The van der Waals surface area contributed by atoms with Crippen molar-refractivity contribution in [3.63, 3.8) is 0 Å². The van der Waals surface area contributed by atoms with Gasteiger partial charge in [0.1, 0.15) is 10.8 Å². The van der Waals surface area contributed by atoms with E-state index in [1.165, 1.54) is 16.9 Å². The highest BCUT2D eigenvalue weighted by molar-refractivity contribution is 7.16. The van der Waals surface area contributed by atoms with Crippen molar-refractivity contribution in [1.29, 1.82) is 0 Å². The molecule has 5 heteroatoms. The van der Waals surface area contributed by atoms with E-state index in [1.54, 1.807) is 17.6 Å². The molecule has 2 aromatic rings. The molecule has 0 saturated heterocycles. The summed E-state index contributed by atoms with van der Waals surface area (Å²) >= 11 is 1.73. The molecule has 2 aromatic heterocycles. The summed E-state index contributed by atoms with van der Waals surface area (Å²) in [5.41, 5.74) is 2.12. The van der Waals surface area contributed by atoms with Crippen LogP contribution in [0.15, 0.2) is 22.8 Å². The number of hydrogen-bond donors (Lipinski definition) is 2. The van der Waals surface area contributed by atoms with Crippen LogP contribution in [0.4, 0.5) is 5.00 Å². The zero-order chi connectivity index (χ0) is 13.7. The standard InChI is InChI=1S/C15H16N2O2S/c1-8-4-5-9-11(7-8)20-15-12(9)14(18)16-13(17-15)10-3-2-6-19-10/h2-3,6,8,13,17H,4-5,7H2,1H3,(H,16,18)/t8-,13-/m1/s1. The minimum Gasteiger partial charge on any atom is -0.465 e. The van der Waals surface area contributed by atoms with Gasteiger partial charge in [0.2, 0.25) is 0 Å². The number of amides is 1. The van der Waals surface area contributed by atoms with Crippen molar-refractivity contribution in [2.45, 2.75) is 32.4 Å². The van der Waals surface area contributed by atoms with Crippen molar-refractivity contribution in [2.75, 3.05) is 5.32 Å². The van der Waals surface area contributed by atoms with Crippen molar-refractivity contribution in [1.82, 2.24) is 5.32 Å². The lowest BCUT2D eigenvalue weighted by Crippen LogP contribution is -2.38. The fourth-order valence-electron chi connectivity index (χ4n) is 3.06. The van der Waals surface area contributed by atoms with Crippen LogP contribution in [-0.2, 0) is 12.8 Å². The highest BCUT2D eigenvalue weighted by Crippen LogP contribution is 2.42. The van der Waals surface area contributed by atoms with Gasteiger partial charge in [0.15, 0.2) is 6.17 Å². The van der Waals surface area contributed by atoms with Crippen molar-refractivity contribution >= 4 is 22.2 Å². The normalized spacial score (nSPS) is 24.6. The molecule has 2 N–H and O–H groups in total. The van der Waals surface area contributed by atoms with Crippen LogP contribution in [0.25, 0.3) is 0 Å². The number of rotatable bonds is 1. The van der Waals surface area contributed by atoms with E-state index in [0.29, 0.717) is 5.92 Å². The Hall–Kier alpha value is -1.75. The molecule has 104 valence electrons. The average molecular weight is 288 g/mol. The number of hydrogen-bond acceptors (Lipinski definition) is 4. The number of anilines is 1. The van der Waals surface area contributed by atoms with Crippen molar-refractivity contribution in [3.8, 4) is 0 Å². The quantitative estimate of drug-likeness (QED) is 0.846. The third-order valence-corrected chi connectivity index (χ3v) is 5.30. The maximum absolute atomic E-state index is 12.4. The number of thiophene rings is 1. The third-order valence-electron chi connectivity index (χ3n) is 4.12. The number of nitrogens with one attached hydrogen (secondary N) is 2. The molecule has 2 aliphatic rings. The molecule has 0 saturated carbocycles. The van der Waals surface area contributed by atoms with E-state index < -0.39 is 0 Å². The predicted molar refractivity (Wildman–Crippen MR) is 78.0 cm³/mol. The van der Waals surface area contributed by atoms with Crippen molar-refractivity contribution < 1.29 is 9.21 Å². The lowest BCUT2D eigenvalue weighted by Gasteiger charge is -2.25. The Kier molecular flexibility index (Phi) is 2.63. The Morgan fingerprint density at radius 2 is 2.30 bits per heavy atom. The zero-order valence-corrected chi connectivity index (χ0v) is 12.0. The van der Waals surface area contributed by atoms with E-state index in [1.807, 2.05) is 12.1 Å². The molecule has 0 radical (unpaired) electrons. The molecule has 0 aromatic carbocycles. The van der Waals surface area contributed by atoms with Gasteiger partial charge in [-0.25, -0.2) is 0 Å². The molecule has 0 spiro atoms. The minimum atomic E-state index is -0.262. The van der Waals surface area contributed by atoms with Crippen LogP contribution in [0.1, 0.15) is 46.1 Å². The molecule has 0 unspecified atom stereocenters. The van der Waals surface area contributed by atoms with Gasteiger partial charge < -0.3 is 15.1 Å². The Morgan fingerprint density at radius 1 is 1.40 bits per heavy atom. The Bertz CT molecular complexity index is 660. The van der Waals surface area contributed by atoms with E-state index in [9.17, 15) is 4.79 Å². The maximum Gasteiger partial charge on any atom is 0.256 e. The van der Waals surface area contributed by atoms with Gasteiger partial charge in [-0.1, -0.05) is 6.92 Å². The van der Waals surface area contributed by atoms with Gasteiger partial charge in [-0.3, -0.25) is 4.79 Å². The summed E-state index contributed by atoms with van der Waals surface area (Å²) in [4.78, 5) is 13.8. The van der Waals surface area contributed by atoms with Gasteiger partial charge in [0, 0.05) is 4.88 Å². The van der Waals surface area contributed by atoms with Crippen LogP contribution in [0.5, 0.6) is 0 Å². The SMILES string of the molecule is C[C@@H]1CCc2c(sc3c2C(=O)N[C@@H](c2ccco2)N3)C1. The van der Waals surface area contributed by atoms with Gasteiger partial charge in [0.25, 0.3) is 5.91 Å². The molecule has 0 bridgehead atoms. The molecule has 4 rings (SSSR count). The fourth-order valence-corrected chi connectivity index (χ4v) is 4.50. The summed E-state index contributed by atoms with van der Waals surface area (Å²) in [5.74, 6) is 1.47. The summed E-state index contributed by atoms with van der Waals surface area (Å²) in [7, 11) is 0. The van der Waals surface area contributed by atoms with Crippen molar-refractivity contribution in [2.24, 2.45) is 5.92 Å². The molecule has 1 aliphatic heterocycles. The topological polar surface area (TPSA) is 54.3 Å². The number of fused-ring (bicyclic) bond motifs is 3. The third kappa shape index (κ3) is 1.77. The van der Waals surface area contributed by atoms with Crippen LogP contribution in [0.3, 0.4) is 0 Å². The van der Waals surface area contributed by atoms with Crippen LogP contribution in [0.2, 0.25) is 0 Å². The first-order chi connectivity index (χ1) is 9.72. The molecular weight excluding hydrogens is 272 g/mol. The smallest absolute Gasteiger partial charge is 0.256 e. The highest BCUT2D eigenvalue weighted by Gasteiger charge is 2.33. The van der Waals surface area contributed by atoms with E-state index in [0.717, 1.165) is 29.2 Å². The maximum atomic E-state index is 12.4. The second-order valence-corrected chi connectivity index (χ2v) is 6.73. The Balaban J connectivity index is 1.73. The first kappa shape index (κ1) is 12.0. The van der Waals surface area contributed by atoms with Crippen LogP contribution < -0.4 is 10.6 Å². The second-order valence-electron chi connectivity index (χ2n) is 5.62. The fraction of sp³-hybridized carbons (Fsp3) is 0.400. The Labute approximate surface area is 121 Å². The molecule has 1 amide bonds.